The van der Waals surface area contributed by atoms with E-state index in [0.717, 1.165) is 5.57 Å². The molecule has 90 valence electrons. The molecule has 1 rings (SSSR count). The second kappa shape index (κ2) is 4.98. The minimum absolute atomic E-state index is 0.00280. The molecule has 0 saturated carbocycles. The fourth-order valence-electron chi connectivity index (χ4n) is 1.38. The highest BCUT2D eigenvalue weighted by atomic mass is 16.5. The summed E-state index contributed by atoms with van der Waals surface area (Å²) in [6, 6.07) is -0.518. The summed E-state index contributed by atoms with van der Waals surface area (Å²) in [4.78, 5) is 22.5. The van der Waals surface area contributed by atoms with Crippen LogP contribution in [0.5, 0.6) is 0 Å². The maximum absolute atomic E-state index is 11.4. The van der Waals surface area contributed by atoms with Crippen LogP contribution in [-0.2, 0) is 9.53 Å². The van der Waals surface area contributed by atoms with Gasteiger partial charge in [0, 0.05) is 19.6 Å². The molecule has 1 aliphatic heterocycles. The number of aliphatic carboxylic acids is 1. The lowest BCUT2D eigenvalue weighted by atomic mass is 9.99. The van der Waals surface area contributed by atoms with Crippen molar-refractivity contribution in [2.75, 3.05) is 19.8 Å². The Kier molecular flexibility index (Phi) is 3.89. The number of nitrogens with one attached hydrogen (secondary N) is 2. The highest BCUT2D eigenvalue weighted by Gasteiger charge is 2.43. The number of carboxylic acids is 1. The molecule has 0 aliphatic carbocycles. The largest absolute Gasteiger partial charge is 0.479 e. The summed E-state index contributed by atoms with van der Waals surface area (Å²) < 4.78 is 5.01. The molecule has 0 spiro atoms. The molecule has 0 aromatic heterocycles. The Hall–Kier alpha value is -1.56. The molecule has 1 fully saturated rings. The van der Waals surface area contributed by atoms with Gasteiger partial charge in [-0.05, 0) is 6.92 Å². The maximum atomic E-state index is 11.4. The van der Waals surface area contributed by atoms with Crippen LogP contribution in [0.15, 0.2) is 12.2 Å². The van der Waals surface area contributed by atoms with Crippen LogP contribution in [0.2, 0.25) is 0 Å². The Morgan fingerprint density at radius 1 is 1.56 bits per heavy atom. The average molecular weight is 228 g/mol. The predicted molar refractivity (Wildman–Crippen MR) is 57.2 cm³/mol. The summed E-state index contributed by atoms with van der Waals surface area (Å²) in [6.45, 7) is 6.06. The number of hydrogen-bond acceptors (Lipinski definition) is 3. The fraction of sp³-hybridized carbons (Fsp3) is 0.600. The Labute approximate surface area is 93.7 Å². The van der Waals surface area contributed by atoms with Gasteiger partial charge in [0.1, 0.15) is 0 Å². The van der Waals surface area contributed by atoms with Crippen LogP contribution < -0.4 is 10.6 Å². The molecule has 1 unspecified atom stereocenters. The molecule has 1 aliphatic rings. The molecule has 1 atom stereocenters. The van der Waals surface area contributed by atoms with Crippen LogP contribution in [0.4, 0.5) is 4.79 Å². The molecule has 0 radical (unpaired) electrons. The SMILES string of the molecule is C=C(C)CNC(=O)NC1(C(=O)O)CCOC1. The van der Waals surface area contributed by atoms with Crippen LogP contribution >= 0.6 is 0 Å². The third-order valence-electron chi connectivity index (χ3n) is 2.33. The van der Waals surface area contributed by atoms with E-state index in [1.54, 1.807) is 6.92 Å². The Bertz CT molecular complexity index is 308. The lowest BCUT2D eigenvalue weighted by molar-refractivity contribution is -0.144. The summed E-state index contributed by atoms with van der Waals surface area (Å²) in [5.74, 6) is -1.07. The zero-order valence-electron chi connectivity index (χ0n) is 9.21. The first-order valence-electron chi connectivity index (χ1n) is 4.98. The number of hydrogen-bond donors (Lipinski definition) is 3. The van der Waals surface area contributed by atoms with Gasteiger partial charge in [0.2, 0.25) is 0 Å². The lowest BCUT2D eigenvalue weighted by Crippen LogP contribution is -2.57. The van der Waals surface area contributed by atoms with Crippen molar-refractivity contribution in [1.82, 2.24) is 10.6 Å². The van der Waals surface area contributed by atoms with Gasteiger partial charge in [0.15, 0.2) is 5.54 Å². The summed E-state index contributed by atoms with van der Waals surface area (Å²) in [7, 11) is 0. The smallest absolute Gasteiger partial charge is 0.332 e. The van der Waals surface area contributed by atoms with Gasteiger partial charge in [-0.15, -0.1) is 0 Å². The number of ether oxygens (including phenoxy) is 1. The van der Waals surface area contributed by atoms with Crippen molar-refractivity contribution in [2.45, 2.75) is 18.9 Å². The van der Waals surface area contributed by atoms with Gasteiger partial charge < -0.3 is 20.5 Å². The quantitative estimate of drug-likeness (QED) is 0.596. The van der Waals surface area contributed by atoms with Gasteiger partial charge in [0.05, 0.1) is 6.61 Å². The Balaban J connectivity index is 2.52. The first-order valence-corrected chi connectivity index (χ1v) is 4.98. The van der Waals surface area contributed by atoms with Crippen LogP contribution in [0.3, 0.4) is 0 Å². The van der Waals surface area contributed by atoms with E-state index >= 15 is 0 Å². The number of carboxylic acid groups (broad SMARTS) is 1. The van der Waals surface area contributed by atoms with E-state index in [1.165, 1.54) is 0 Å². The Morgan fingerprint density at radius 2 is 2.25 bits per heavy atom. The van der Waals surface area contributed by atoms with Crippen molar-refractivity contribution in [3.05, 3.63) is 12.2 Å². The number of rotatable bonds is 4. The van der Waals surface area contributed by atoms with Crippen molar-refractivity contribution in [1.29, 1.82) is 0 Å². The van der Waals surface area contributed by atoms with Gasteiger partial charge >= 0.3 is 12.0 Å². The van der Waals surface area contributed by atoms with Crippen LogP contribution in [0.25, 0.3) is 0 Å². The maximum Gasteiger partial charge on any atom is 0.332 e. The topological polar surface area (TPSA) is 87.7 Å². The van der Waals surface area contributed by atoms with Crippen molar-refractivity contribution in [3.63, 3.8) is 0 Å². The summed E-state index contributed by atoms with van der Waals surface area (Å²) in [6.07, 6.45) is 0.281. The third kappa shape index (κ3) is 2.96. The molecule has 0 bridgehead atoms. The lowest BCUT2D eigenvalue weighted by Gasteiger charge is -2.23. The van der Waals surface area contributed by atoms with Crippen molar-refractivity contribution >= 4 is 12.0 Å². The molecular formula is C10H16N2O4. The first kappa shape index (κ1) is 12.5. The monoisotopic (exact) mass is 228 g/mol. The van der Waals surface area contributed by atoms with E-state index < -0.39 is 17.5 Å². The molecule has 6 heteroatoms. The third-order valence-corrected chi connectivity index (χ3v) is 2.33. The predicted octanol–water partition coefficient (Wildman–Crippen LogP) is 0.105. The summed E-state index contributed by atoms with van der Waals surface area (Å²) >= 11 is 0. The number of carbonyl (C=O) groups excluding carboxylic acids is 1. The molecule has 3 N–H and O–H groups in total. The van der Waals surface area contributed by atoms with Crippen molar-refractivity contribution in [3.8, 4) is 0 Å². The molecular weight excluding hydrogens is 212 g/mol. The van der Waals surface area contributed by atoms with Crippen LogP contribution in [0, 0.1) is 0 Å². The second-order valence-corrected chi connectivity index (χ2v) is 3.95. The van der Waals surface area contributed by atoms with E-state index in [1.807, 2.05) is 0 Å². The van der Waals surface area contributed by atoms with Gasteiger partial charge in [-0.25, -0.2) is 9.59 Å². The zero-order chi connectivity index (χ0) is 12.2. The average Bonchev–Trinajstić information content (AvgIpc) is 2.64. The van der Waals surface area contributed by atoms with Gasteiger partial charge in [-0.3, -0.25) is 0 Å². The summed E-state index contributed by atoms with van der Waals surface area (Å²) in [5.41, 5.74) is -0.499. The Morgan fingerprint density at radius 3 is 2.69 bits per heavy atom. The number of carbonyl (C=O) groups is 2. The molecule has 1 heterocycles. The molecule has 1 saturated heterocycles. The van der Waals surface area contributed by atoms with E-state index in [2.05, 4.69) is 17.2 Å². The van der Waals surface area contributed by atoms with Crippen LogP contribution in [-0.4, -0.2) is 42.4 Å². The molecule has 0 aromatic rings. The minimum Gasteiger partial charge on any atom is -0.479 e. The van der Waals surface area contributed by atoms with E-state index in [9.17, 15) is 9.59 Å². The minimum atomic E-state index is -1.29. The van der Waals surface area contributed by atoms with Gasteiger partial charge in [-0.2, -0.15) is 0 Å². The fourth-order valence-corrected chi connectivity index (χ4v) is 1.38. The van der Waals surface area contributed by atoms with E-state index in [4.69, 9.17) is 9.84 Å². The van der Waals surface area contributed by atoms with Crippen molar-refractivity contribution in [2.24, 2.45) is 0 Å². The first-order chi connectivity index (χ1) is 7.46. The zero-order valence-corrected chi connectivity index (χ0v) is 9.21. The van der Waals surface area contributed by atoms with Crippen molar-refractivity contribution < 1.29 is 19.4 Å². The molecule has 0 aromatic carbocycles. The van der Waals surface area contributed by atoms with E-state index in [0.29, 0.717) is 13.2 Å². The van der Waals surface area contributed by atoms with Gasteiger partial charge in [-0.1, -0.05) is 12.2 Å². The number of amides is 2. The normalized spacial score (nSPS) is 23.8. The molecule has 16 heavy (non-hydrogen) atoms. The van der Waals surface area contributed by atoms with Gasteiger partial charge in [0.25, 0.3) is 0 Å². The standard InChI is InChI=1S/C10H16N2O4/c1-7(2)5-11-9(15)12-10(8(13)14)3-4-16-6-10/h1,3-6H2,2H3,(H,13,14)(H2,11,12,15). The highest BCUT2D eigenvalue weighted by Crippen LogP contribution is 2.18. The summed E-state index contributed by atoms with van der Waals surface area (Å²) in [5, 5.41) is 14.0. The number of urea groups is 1. The van der Waals surface area contributed by atoms with E-state index in [-0.39, 0.29) is 13.0 Å². The van der Waals surface area contributed by atoms with Crippen LogP contribution in [0.1, 0.15) is 13.3 Å². The molecule has 2 amide bonds. The highest BCUT2D eigenvalue weighted by molar-refractivity contribution is 5.86. The second-order valence-electron chi connectivity index (χ2n) is 3.95. The molecule has 6 nitrogen and oxygen atoms in total.